The molecule has 0 aromatic carbocycles. The largest absolute Gasteiger partial charge is 2.00 e. The van der Waals surface area contributed by atoms with E-state index in [0.717, 1.165) is 0 Å². The van der Waals surface area contributed by atoms with Gasteiger partial charge in [0, 0.05) is 18.5 Å². The van der Waals surface area contributed by atoms with Crippen LogP contribution in [0.4, 0.5) is 0 Å². The Bertz CT molecular complexity index is 113. The van der Waals surface area contributed by atoms with E-state index >= 15 is 0 Å². The van der Waals surface area contributed by atoms with E-state index in [1.165, 1.54) is 13.8 Å². The number of carboxylic acid groups (broad SMARTS) is 2. The summed E-state index contributed by atoms with van der Waals surface area (Å²) in [6.07, 6.45) is 0.222. The number of carboxylic acids is 2. The van der Waals surface area contributed by atoms with E-state index in [4.69, 9.17) is 5.11 Å². The second-order valence-electron chi connectivity index (χ2n) is 1.77. The number of carbonyl (C=O) groups excluding carboxylic acids is 2. The zero-order valence-corrected chi connectivity index (χ0v) is 11.1. The van der Waals surface area contributed by atoms with Gasteiger partial charge in [-0.25, -0.2) is 0 Å². The number of aliphatic carboxylic acids is 2. The number of hydrogen-bond acceptors (Lipinski definition) is 5. The van der Waals surface area contributed by atoms with Gasteiger partial charge < -0.3 is 24.9 Å². The van der Waals surface area contributed by atoms with Crippen molar-refractivity contribution in [3.63, 3.8) is 0 Å². The third kappa shape index (κ3) is 87.5. The smallest absolute Gasteiger partial charge is 0.550 e. The maximum absolute atomic E-state index is 9.26. The van der Waals surface area contributed by atoms with E-state index in [-0.39, 0.29) is 57.2 Å². The molecule has 0 rings (SSSR count). The van der Waals surface area contributed by atoms with Gasteiger partial charge in [0.15, 0.2) is 0 Å². The van der Waals surface area contributed by atoms with Crippen molar-refractivity contribution in [2.75, 3.05) is 6.61 Å². The summed E-state index contributed by atoms with van der Waals surface area (Å²) in [5, 5.41) is 26.1. The molecule has 0 atom stereocenters. The van der Waals surface area contributed by atoms with Gasteiger partial charge in [-0.2, -0.15) is 0 Å². The molecular formula is C8H16CaO5. The minimum Gasteiger partial charge on any atom is -0.550 e. The van der Waals surface area contributed by atoms with Crippen LogP contribution in [-0.4, -0.2) is 61.4 Å². The van der Waals surface area contributed by atoms with Crippen molar-refractivity contribution in [2.45, 2.75) is 33.6 Å². The SMILES string of the molecule is CCC(=O)[O-].CCC(=O)[O-].CCO.[Ca+2]. The first-order valence-corrected chi connectivity index (χ1v) is 3.96. The Morgan fingerprint density at radius 2 is 1.07 bits per heavy atom. The van der Waals surface area contributed by atoms with Crippen molar-refractivity contribution in [3.05, 3.63) is 0 Å². The quantitative estimate of drug-likeness (QED) is 0.550. The van der Waals surface area contributed by atoms with E-state index in [1.54, 1.807) is 6.92 Å². The van der Waals surface area contributed by atoms with Crippen LogP contribution in [0, 0.1) is 0 Å². The molecular weight excluding hydrogens is 216 g/mol. The summed E-state index contributed by atoms with van der Waals surface area (Å²) in [5.74, 6) is -1.99. The summed E-state index contributed by atoms with van der Waals surface area (Å²) >= 11 is 0. The van der Waals surface area contributed by atoms with Crippen LogP contribution in [0.25, 0.3) is 0 Å². The molecule has 14 heavy (non-hydrogen) atoms. The number of hydrogen-bond donors (Lipinski definition) is 1. The third-order valence-corrected chi connectivity index (χ3v) is 0.577. The number of carbonyl (C=O) groups is 2. The van der Waals surface area contributed by atoms with Crippen LogP contribution in [0.2, 0.25) is 0 Å². The van der Waals surface area contributed by atoms with Gasteiger partial charge in [-0.05, 0) is 19.8 Å². The first kappa shape index (κ1) is 23.8. The van der Waals surface area contributed by atoms with Gasteiger partial charge in [-0.1, -0.05) is 13.8 Å². The number of aliphatic hydroxyl groups is 1. The van der Waals surface area contributed by atoms with Crippen molar-refractivity contribution >= 4 is 49.7 Å². The average molecular weight is 232 g/mol. The number of rotatable bonds is 2. The van der Waals surface area contributed by atoms with E-state index in [1.807, 2.05) is 0 Å². The van der Waals surface area contributed by atoms with Crippen LogP contribution < -0.4 is 10.2 Å². The second-order valence-corrected chi connectivity index (χ2v) is 1.77. The Labute approximate surface area is 114 Å². The Balaban J connectivity index is -0.0000000535. The van der Waals surface area contributed by atoms with Crippen LogP contribution in [0.5, 0.6) is 0 Å². The summed E-state index contributed by atoms with van der Waals surface area (Å²) in [5.41, 5.74) is 0. The molecule has 1 N–H and O–H groups in total. The van der Waals surface area contributed by atoms with Gasteiger partial charge in [0.2, 0.25) is 0 Å². The Hall–Kier alpha value is 0.160. The van der Waals surface area contributed by atoms with Crippen LogP contribution >= 0.6 is 0 Å². The normalized spacial score (nSPS) is 6.57. The van der Waals surface area contributed by atoms with E-state index in [0.29, 0.717) is 0 Å². The van der Waals surface area contributed by atoms with Crippen LogP contribution in [0.1, 0.15) is 33.6 Å². The molecule has 0 spiro atoms. The molecule has 0 heterocycles. The minimum absolute atomic E-state index is 0. The van der Waals surface area contributed by atoms with Crippen LogP contribution in [0.3, 0.4) is 0 Å². The fourth-order valence-electron chi connectivity index (χ4n) is 0. The minimum atomic E-state index is -0.995. The van der Waals surface area contributed by atoms with Gasteiger partial charge in [0.25, 0.3) is 0 Å². The topological polar surface area (TPSA) is 100 Å². The molecule has 0 aliphatic rings. The standard InChI is InChI=1S/2C3H6O2.C2H6O.Ca/c2*1-2-3(4)5;1-2-3;/h2*2H2,1H3,(H,4,5);3H,2H2,1H3;/q;;;+2/p-2. The van der Waals surface area contributed by atoms with Gasteiger partial charge in [0.05, 0.1) is 0 Å². The monoisotopic (exact) mass is 232 g/mol. The maximum atomic E-state index is 9.26. The Morgan fingerprint density at radius 3 is 1.07 bits per heavy atom. The molecule has 5 nitrogen and oxygen atoms in total. The molecule has 6 heteroatoms. The van der Waals surface area contributed by atoms with Crippen molar-refractivity contribution in [3.8, 4) is 0 Å². The van der Waals surface area contributed by atoms with E-state index in [9.17, 15) is 19.8 Å². The summed E-state index contributed by atoms with van der Waals surface area (Å²) in [6.45, 7) is 5.00. The number of aliphatic hydroxyl groups excluding tert-OH is 1. The van der Waals surface area contributed by atoms with Crippen molar-refractivity contribution in [1.82, 2.24) is 0 Å². The summed E-state index contributed by atoms with van der Waals surface area (Å²) in [7, 11) is 0. The molecule has 0 radical (unpaired) electrons. The second kappa shape index (κ2) is 23.2. The van der Waals surface area contributed by atoms with Gasteiger partial charge in [-0.3, -0.25) is 0 Å². The summed E-state index contributed by atoms with van der Waals surface area (Å²) in [6, 6.07) is 0. The zero-order chi connectivity index (χ0) is 11.3. The molecule has 0 aliphatic carbocycles. The first-order chi connectivity index (χ1) is 5.95. The molecule has 0 aromatic rings. The predicted molar refractivity (Wildman–Crippen MR) is 49.1 cm³/mol. The molecule has 0 unspecified atom stereocenters. The molecule has 80 valence electrons. The summed E-state index contributed by atoms with van der Waals surface area (Å²) in [4.78, 5) is 18.5. The zero-order valence-electron chi connectivity index (χ0n) is 8.91. The fraction of sp³-hybridized carbons (Fsp3) is 0.750. The van der Waals surface area contributed by atoms with Gasteiger partial charge in [-0.15, -0.1) is 0 Å². The first-order valence-electron chi connectivity index (χ1n) is 3.96. The van der Waals surface area contributed by atoms with Crippen molar-refractivity contribution in [1.29, 1.82) is 0 Å². The van der Waals surface area contributed by atoms with Crippen LogP contribution in [0.15, 0.2) is 0 Å². The Morgan fingerprint density at radius 1 is 1.00 bits per heavy atom. The summed E-state index contributed by atoms with van der Waals surface area (Å²) < 4.78 is 0. The third-order valence-electron chi connectivity index (χ3n) is 0.577. The maximum Gasteiger partial charge on any atom is 2.00 e. The van der Waals surface area contributed by atoms with Crippen LogP contribution in [-0.2, 0) is 9.59 Å². The van der Waals surface area contributed by atoms with Crippen molar-refractivity contribution in [2.24, 2.45) is 0 Å². The molecule has 0 aromatic heterocycles. The molecule has 0 fully saturated rings. The van der Waals surface area contributed by atoms with E-state index < -0.39 is 11.9 Å². The van der Waals surface area contributed by atoms with Crippen molar-refractivity contribution < 1.29 is 24.9 Å². The average Bonchev–Trinajstić information content (AvgIpc) is 2.07. The molecule has 0 saturated heterocycles. The molecule has 0 aliphatic heterocycles. The van der Waals surface area contributed by atoms with Gasteiger partial charge in [0.1, 0.15) is 0 Å². The molecule has 0 bridgehead atoms. The fourth-order valence-corrected chi connectivity index (χ4v) is 0. The predicted octanol–water partition coefficient (Wildman–Crippen LogP) is -2.09. The van der Waals surface area contributed by atoms with E-state index in [2.05, 4.69) is 0 Å². The molecule has 0 saturated carbocycles. The Kier molecular flexibility index (Phi) is 39.4. The van der Waals surface area contributed by atoms with Gasteiger partial charge >= 0.3 is 37.7 Å². The molecule has 0 amide bonds.